The van der Waals surface area contributed by atoms with Crippen molar-refractivity contribution in [3.8, 4) is 0 Å². The van der Waals surface area contributed by atoms with Gasteiger partial charge in [-0.2, -0.15) is 4.68 Å². The number of nitrogens with zero attached hydrogens (tertiary/aromatic N) is 2. The molecule has 2 rings (SSSR count). The van der Waals surface area contributed by atoms with Gasteiger partial charge in [-0.25, -0.2) is 9.78 Å². The molecule has 1 heterocycles. The molecule has 0 spiro atoms. The number of rotatable bonds is 3. The van der Waals surface area contributed by atoms with Crippen LogP contribution in [0, 0.1) is 6.92 Å². The summed E-state index contributed by atoms with van der Waals surface area (Å²) in [7, 11) is 0. The molecular formula is C13H15N3O3. The molecule has 1 N–H and O–H groups in total. The van der Waals surface area contributed by atoms with Crippen molar-refractivity contribution in [3.05, 3.63) is 39.9 Å². The Morgan fingerprint density at radius 3 is 2.84 bits per heavy atom. The normalized spacial score (nSPS) is 10.5. The first-order valence-electron chi connectivity index (χ1n) is 5.99. The second-order valence-corrected chi connectivity index (χ2v) is 4.18. The molecule has 1 aromatic carbocycles. The molecule has 100 valence electrons. The van der Waals surface area contributed by atoms with Gasteiger partial charge in [-0.15, -0.1) is 5.59 Å². The molecule has 0 unspecified atom stereocenters. The third-order valence-corrected chi connectivity index (χ3v) is 2.77. The van der Waals surface area contributed by atoms with E-state index in [1.165, 1.54) is 6.92 Å². The van der Waals surface area contributed by atoms with E-state index in [2.05, 4.69) is 15.4 Å². The summed E-state index contributed by atoms with van der Waals surface area (Å²) in [5.74, 6) is -0.0248. The molecule has 0 saturated heterocycles. The van der Waals surface area contributed by atoms with Crippen molar-refractivity contribution in [3.63, 3.8) is 0 Å². The summed E-state index contributed by atoms with van der Waals surface area (Å²) < 4.78 is 1.16. The minimum Gasteiger partial charge on any atom is -0.328 e. The molecule has 0 amide bonds. The van der Waals surface area contributed by atoms with Gasteiger partial charge in [-0.05, 0) is 18.6 Å². The highest BCUT2D eigenvalue weighted by atomic mass is 16.7. The van der Waals surface area contributed by atoms with Gasteiger partial charge in [-0.3, -0.25) is 4.79 Å². The summed E-state index contributed by atoms with van der Waals surface area (Å²) >= 11 is 0. The van der Waals surface area contributed by atoms with Crippen LogP contribution in [0.15, 0.2) is 23.0 Å². The number of hydrogen-bond acceptors (Lipinski definition) is 5. The Balaban J connectivity index is 2.67. The molecule has 6 heteroatoms. The van der Waals surface area contributed by atoms with Crippen molar-refractivity contribution in [2.24, 2.45) is 0 Å². The van der Waals surface area contributed by atoms with Crippen LogP contribution in [0.25, 0.3) is 10.9 Å². The summed E-state index contributed by atoms with van der Waals surface area (Å²) in [5.41, 5.74) is 3.54. The third kappa shape index (κ3) is 2.42. The van der Waals surface area contributed by atoms with E-state index in [4.69, 9.17) is 0 Å². The van der Waals surface area contributed by atoms with Crippen molar-refractivity contribution >= 4 is 16.9 Å². The fourth-order valence-electron chi connectivity index (χ4n) is 1.88. The first-order chi connectivity index (χ1) is 9.04. The minimum atomic E-state index is -0.529. The lowest BCUT2D eigenvalue weighted by Crippen LogP contribution is -2.34. The molecule has 0 aliphatic rings. The fraction of sp³-hybridized carbons (Fsp3) is 0.308. The highest BCUT2D eigenvalue weighted by Crippen LogP contribution is 2.12. The Morgan fingerprint density at radius 2 is 2.21 bits per heavy atom. The lowest BCUT2D eigenvalue weighted by molar-refractivity contribution is -0.139. The largest absolute Gasteiger partial charge is 0.331 e. The third-order valence-electron chi connectivity index (χ3n) is 2.77. The van der Waals surface area contributed by atoms with Gasteiger partial charge in [-0.1, -0.05) is 19.1 Å². The Bertz CT molecular complexity index is 691. The number of carbonyl (C=O) groups is 1. The standard InChI is InChI=1S/C13H15N3O3/c1-4-11-14-10-7-5-6-8(2)12(10)13(18)16(11)15-19-9(3)17/h5-7,15H,4H2,1-3H3. The van der Waals surface area contributed by atoms with E-state index in [0.717, 1.165) is 10.2 Å². The molecule has 6 nitrogen and oxygen atoms in total. The average Bonchev–Trinajstić information content (AvgIpc) is 2.36. The van der Waals surface area contributed by atoms with Gasteiger partial charge in [0, 0.05) is 13.3 Å². The van der Waals surface area contributed by atoms with Gasteiger partial charge in [0.25, 0.3) is 5.56 Å². The highest BCUT2D eigenvalue weighted by molar-refractivity contribution is 5.81. The van der Waals surface area contributed by atoms with Crippen LogP contribution in [0.5, 0.6) is 0 Å². The molecule has 0 fully saturated rings. The first kappa shape index (κ1) is 13.1. The summed E-state index contributed by atoms with van der Waals surface area (Å²) in [6.07, 6.45) is 0.535. The number of aryl methyl sites for hydroxylation is 2. The van der Waals surface area contributed by atoms with Crippen LogP contribution in [0.2, 0.25) is 0 Å². The number of fused-ring (bicyclic) bond motifs is 1. The maximum atomic E-state index is 12.4. The number of benzene rings is 1. The summed E-state index contributed by atoms with van der Waals surface area (Å²) in [6.45, 7) is 4.96. The van der Waals surface area contributed by atoms with Crippen LogP contribution in [0.3, 0.4) is 0 Å². The Kier molecular flexibility index (Phi) is 3.50. The highest BCUT2D eigenvalue weighted by Gasteiger charge is 2.12. The van der Waals surface area contributed by atoms with Gasteiger partial charge in [0.1, 0.15) is 5.82 Å². The molecule has 0 bridgehead atoms. The Hall–Kier alpha value is -2.37. The maximum Gasteiger partial charge on any atom is 0.331 e. The second-order valence-electron chi connectivity index (χ2n) is 4.18. The molecule has 0 aliphatic carbocycles. The molecule has 1 aromatic heterocycles. The SMILES string of the molecule is CCc1nc2cccc(C)c2c(=O)n1NOC(C)=O. The van der Waals surface area contributed by atoms with E-state index in [0.29, 0.717) is 23.1 Å². The van der Waals surface area contributed by atoms with E-state index in [9.17, 15) is 9.59 Å². The van der Waals surface area contributed by atoms with Crippen LogP contribution >= 0.6 is 0 Å². The van der Waals surface area contributed by atoms with E-state index in [1.54, 1.807) is 6.07 Å². The zero-order chi connectivity index (χ0) is 14.0. The van der Waals surface area contributed by atoms with Crippen molar-refractivity contribution in [2.75, 3.05) is 5.59 Å². The summed E-state index contributed by atoms with van der Waals surface area (Å²) in [4.78, 5) is 32.3. The molecule has 0 radical (unpaired) electrons. The van der Waals surface area contributed by atoms with Crippen molar-refractivity contribution in [2.45, 2.75) is 27.2 Å². The van der Waals surface area contributed by atoms with Gasteiger partial charge in [0.05, 0.1) is 10.9 Å². The van der Waals surface area contributed by atoms with E-state index < -0.39 is 5.97 Å². The molecular weight excluding hydrogens is 246 g/mol. The number of aromatic nitrogens is 2. The van der Waals surface area contributed by atoms with Gasteiger partial charge >= 0.3 is 5.97 Å². The van der Waals surface area contributed by atoms with Crippen molar-refractivity contribution in [1.29, 1.82) is 0 Å². The molecule has 19 heavy (non-hydrogen) atoms. The average molecular weight is 261 g/mol. The molecule has 2 aromatic rings. The summed E-state index contributed by atoms with van der Waals surface area (Å²) in [5, 5.41) is 0.513. The van der Waals surface area contributed by atoms with Crippen LogP contribution in [0.1, 0.15) is 25.2 Å². The monoisotopic (exact) mass is 261 g/mol. The van der Waals surface area contributed by atoms with Gasteiger partial charge < -0.3 is 4.84 Å². The van der Waals surface area contributed by atoms with Crippen LogP contribution in [0.4, 0.5) is 0 Å². The fourth-order valence-corrected chi connectivity index (χ4v) is 1.88. The second kappa shape index (κ2) is 5.09. The van der Waals surface area contributed by atoms with Gasteiger partial charge in [0.15, 0.2) is 0 Å². The Labute approximate surface area is 109 Å². The zero-order valence-corrected chi connectivity index (χ0v) is 11.1. The Morgan fingerprint density at radius 1 is 1.47 bits per heavy atom. The lowest BCUT2D eigenvalue weighted by atomic mass is 10.1. The summed E-state index contributed by atoms with van der Waals surface area (Å²) in [6, 6.07) is 5.49. The predicted molar refractivity (Wildman–Crippen MR) is 71.2 cm³/mol. The number of hydrogen-bond donors (Lipinski definition) is 1. The smallest absolute Gasteiger partial charge is 0.328 e. The van der Waals surface area contributed by atoms with Crippen molar-refractivity contribution < 1.29 is 9.63 Å². The topological polar surface area (TPSA) is 73.2 Å². The van der Waals surface area contributed by atoms with Crippen LogP contribution in [-0.4, -0.2) is 15.6 Å². The van der Waals surface area contributed by atoms with Crippen LogP contribution in [-0.2, 0) is 16.1 Å². The van der Waals surface area contributed by atoms with Crippen molar-refractivity contribution in [1.82, 2.24) is 9.66 Å². The number of carbonyl (C=O) groups excluding carboxylic acids is 1. The van der Waals surface area contributed by atoms with E-state index >= 15 is 0 Å². The maximum absolute atomic E-state index is 12.4. The molecule has 0 aliphatic heterocycles. The van der Waals surface area contributed by atoms with E-state index in [1.807, 2.05) is 26.0 Å². The van der Waals surface area contributed by atoms with E-state index in [-0.39, 0.29) is 5.56 Å². The quantitative estimate of drug-likeness (QED) is 0.843. The lowest BCUT2D eigenvalue weighted by Gasteiger charge is -2.13. The first-order valence-corrected chi connectivity index (χ1v) is 5.99. The van der Waals surface area contributed by atoms with Gasteiger partial charge in [0.2, 0.25) is 0 Å². The predicted octanol–water partition coefficient (Wildman–Crippen LogP) is 1.29. The minimum absolute atomic E-state index is 0.277. The molecule has 0 atom stereocenters. The zero-order valence-electron chi connectivity index (χ0n) is 11.1. The molecule has 0 saturated carbocycles. The van der Waals surface area contributed by atoms with Crippen LogP contribution < -0.4 is 11.1 Å². The number of nitrogens with one attached hydrogen (secondary N) is 1.